The van der Waals surface area contributed by atoms with Crippen LogP contribution in [0.4, 0.5) is 0 Å². The molecule has 0 aliphatic rings. The molecule has 0 fully saturated rings. The summed E-state index contributed by atoms with van der Waals surface area (Å²) in [5.74, 6) is 0.133. The Bertz CT molecular complexity index is 199. The Morgan fingerprint density at radius 2 is 1.06 bits per heavy atom. The topological polar surface area (TPSA) is 147 Å². The molecule has 0 aromatic rings. The number of nitrogens with two attached hydrogens (primary N) is 4. The quantitative estimate of drug-likeness (QED) is 0.197. The van der Waals surface area contributed by atoms with Crippen molar-refractivity contribution in [3.8, 4) is 0 Å². The molecule has 0 spiro atoms. The van der Waals surface area contributed by atoms with Gasteiger partial charge in [0.15, 0.2) is 11.9 Å². The normalized spacial score (nSPS) is 9.75. The van der Waals surface area contributed by atoms with E-state index in [4.69, 9.17) is 32.4 Å². The molecule has 8 N–H and O–H groups in total. The summed E-state index contributed by atoms with van der Waals surface area (Å²) in [7, 11) is 0. The summed E-state index contributed by atoms with van der Waals surface area (Å²) in [5, 5.41) is 0. The lowest BCUT2D eigenvalue weighted by molar-refractivity contribution is 0.0541. The van der Waals surface area contributed by atoms with Gasteiger partial charge in [-0.3, -0.25) is 9.98 Å². The smallest absolute Gasteiger partial charge is 0.185 e. The van der Waals surface area contributed by atoms with Crippen LogP contribution in [0.3, 0.4) is 0 Å². The molecule has 8 nitrogen and oxygen atoms in total. The second kappa shape index (κ2) is 9.99. The lowest BCUT2D eigenvalue weighted by Crippen LogP contribution is -2.24. The fourth-order valence-corrected chi connectivity index (χ4v) is 0.801. The van der Waals surface area contributed by atoms with Crippen molar-refractivity contribution in [1.82, 2.24) is 0 Å². The molecule has 0 amide bonds. The lowest BCUT2D eigenvalue weighted by Gasteiger charge is -2.03. The third-order valence-electron chi connectivity index (χ3n) is 1.43. The minimum atomic E-state index is 0.0667. The van der Waals surface area contributed by atoms with Gasteiger partial charge in [-0.1, -0.05) is 0 Å². The number of rotatable bonds is 9. The molecular weight excluding hydrogens is 212 g/mol. The van der Waals surface area contributed by atoms with Crippen molar-refractivity contribution in [1.29, 1.82) is 0 Å². The molecule has 0 radical (unpaired) electrons. The van der Waals surface area contributed by atoms with Crippen molar-refractivity contribution in [2.24, 2.45) is 32.9 Å². The Morgan fingerprint density at radius 1 is 0.688 bits per heavy atom. The molecule has 0 rings (SSSR count). The predicted octanol–water partition coefficient (Wildman–Crippen LogP) is -2.43. The van der Waals surface area contributed by atoms with Crippen LogP contribution in [-0.4, -0.2) is 51.4 Å². The highest BCUT2D eigenvalue weighted by Crippen LogP contribution is 1.80. The van der Waals surface area contributed by atoms with Gasteiger partial charge in [0.2, 0.25) is 0 Å². The van der Waals surface area contributed by atoms with Gasteiger partial charge in [-0.15, -0.1) is 0 Å². The molecule has 0 bridgehead atoms. The highest BCUT2D eigenvalue weighted by Gasteiger charge is 1.90. The summed E-state index contributed by atoms with van der Waals surface area (Å²) in [6.07, 6.45) is 0. The summed E-state index contributed by atoms with van der Waals surface area (Å²) in [6, 6.07) is 0. The van der Waals surface area contributed by atoms with Gasteiger partial charge in [-0.25, -0.2) is 0 Å². The van der Waals surface area contributed by atoms with Crippen LogP contribution in [0.5, 0.6) is 0 Å². The number of guanidine groups is 2. The zero-order valence-electron chi connectivity index (χ0n) is 9.26. The monoisotopic (exact) mass is 232 g/mol. The van der Waals surface area contributed by atoms with E-state index in [1.807, 2.05) is 0 Å². The molecule has 0 aliphatic carbocycles. The molecule has 0 heterocycles. The van der Waals surface area contributed by atoms with Gasteiger partial charge < -0.3 is 32.4 Å². The second-order valence-electron chi connectivity index (χ2n) is 2.84. The molecule has 0 aromatic carbocycles. The molecule has 0 aromatic heterocycles. The molecule has 0 atom stereocenters. The molecule has 0 saturated heterocycles. The molecule has 0 saturated carbocycles. The van der Waals surface area contributed by atoms with E-state index in [1.165, 1.54) is 0 Å². The molecular formula is C8H20N6O2. The van der Waals surface area contributed by atoms with Gasteiger partial charge >= 0.3 is 0 Å². The van der Waals surface area contributed by atoms with Gasteiger partial charge in [0.1, 0.15) is 0 Å². The first-order valence-corrected chi connectivity index (χ1v) is 4.89. The molecule has 0 aliphatic heterocycles. The number of hydrogen-bond acceptors (Lipinski definition) is 4. The Kier molecular flexibility index (Phi) is 9.03. The Morgan fingerprint density at radius 3 is 1.38 bits per heavy atom. The van der Waals surface area contributed by atoms with E-state index < -0.39 is 0 Å². The van der Waals surface area contributed by atoms with Crippen molar-refractivity contribution >= 4 is 11.9 Å². The molecule has 16 heavy (non-hydrogen) atoms. The van der Waals surface area contributed by atoms with E-state index in [1.54, 1.807) is 0 Å². The zero-order valence-corrected chi connectivity index (χ0v) is 9.26. The Labute approximate surface area is 94.7 Å². The van der Waals surface area contributed by atoms with Crippen LogP contribution < -0.4 is 22.9 Å². The average molecular weight is 232 g/mol. The van der Waals surface area contributed by atoms with Gasteiger partial charge in [-0.2, -0.15) is 0 Å². The highest BCUT2D eigenvalue weighted by atomic mass is 16.5. The van der Waals surface area contributed by atoms with E-state index in [0.29, 0.717) is 39.5 Å². The molecule has 8 heteroatoms. The van der Waals surface area contributed by atoms with Gasteiger partial charge in [0.25, 0.3) is 0 Å². The summed E-state index contributed by atoms with van der Waals surface area (Å²) in [6.45, 7) is 2.82. The summed E-state index contributed by atoms with van der Waals surface area (Å²) >= 11 is 0. The second-order valence-corrected chi connectivity index (χ2v) is 2.84. The van der Waals surface area contributed by atoms with E-state index in [0.717, 1.165) is 0 Å². The number of ether oxygens (including phenoxy) is 2. The van der Waals surface area contributed by atoms with Crippen molar-refractivity contribution < 1.29 is 9.47 Å². The SMILES string of the molecule is NC(N)=NCCOCCOCCN=C(N)N. The van der Waals surface area contributed by atoms with Crippen LogP contribution in [0.2, 0.25) is 0 Å². The van der Waals surface area contributed by atoms with E-state index in [9.17, 15) is 0 Å². The standard InChI is InChI=1S/C8H20N6O2/c9-7(10)13-1-3-15-5-6-16-4-2-14-8(11)12/h1-6H2,(H4,9,10,13)(H4,11,12,14). The number of nitrogens with zero attached hydrogens (tertiary/aromatic N) is 2. The average Bonchev–Trinajstić information content (AvgIpc) is 2.20. The van der Waals surface area contributed by atoms with Gasteiger partial charge in [0.05, 0.1) is 39.5 Å². The fraction of sp³-hybridized carbons (Fsp3) is 0.750. The van der Waals surface area contributed by atoms with Crippen LogP contribution in [0, 0.1) is 0 Å². The van der Waals surface area contributed by atoms with Crippen molar-refractivity contribution in [2.75, 3.05) is 39.5 Å². The molecule has 0 unspecified atom stereocenters. The third kappa shape index (κ3) is 12.5. The molecule has 94 valence electrons. The van der Waals surface area contributed by atoms with Crippen molar-refractivity contribution in [3.63, 3.8) is 0 Å². The predicted molar refractivity (Wildman–Crippen MR) is 63.0 cm³/mol. The maximum absolute atomic E-state index is 5.18. The summed E-state index contributed by atoms with van der Waals surface area (Å²) < 4.78 is 10.4. The van der Waals surface area contributed by atoms with Crippen LogP contribution in [0.25, 0.3) is 0 Å². The first kappa shape index (κ1) is 14.5. The van der Waals surface area contributed by atoms with Crippen LogP contribution >= 0.6 is 0 Å². The Hall–Kier alpha value is -1.54. The van der Waals surface area contributed by atoms with Gasteiger partial charge in [-0.05, 0) is 0 Å². The number of hydrogen-bond donors (Lipinski definition) is 4. The largest absolute Gasteiger partial charge is 0.377 e. The first-order chi connectivity index (χ1) is 7.63. The van der Waals surface area contributed by atoms with E-state index >= 15 is 0 Å². The highest BCUT2D eigenvalue weighted by molar-refractivity contribution is 5.75. The first-order valence-electron chi connectivity index (χ1n) is 4.89. The van der Waals surface area contributed by atoms with Crippen LogP contribution in [0.15, 0.2) is 9.98 Å². The fourth-order valence-electron chi connectivity index (χ4n) is 0.801. The minimum absolute atomic E-state index is 0.0667. The lowest BCUT2D eigenvalue weighted by atomic mass is 10.6. The van der Waals surface area contributed by atoms with Crippen LogP contribution in [-0.2, 0) is 9.47 Å². The zero-order chi connectivity index (χ0) is 12.2. The van der Waals surface area contributed by atoms with E-state index in [-0.39, 0.29) is 11.9 Å². The maximum Gasteiger partial charge on any atom is 0.185 e. The minimum Gasteiger partial charge on any atom is -0.377 e. The van der Waals surface area contributed by atoms with Crippen LogP contribution in [0.1, 0.15) is 0 Å². The van der Waals surface area contributed by atoms with E-state index in [2.05, 4.69) is 9.98 Å². The summed E-state index contributed by atoms with van der Waals surface area (Å²) in [4.78, 5) is 7.50. The maximum atomic E-state index is 5.18. The number of aliphatic imine (C=N–C) groups is 2. The van der Waals surface area contributed by atoms with Gasteiger partial charge in [0, 0.05) is 0 Å². The Balaban J connectivity index is 3.10. The third-order valence-corrected chi connectivity index (χ3v) is 1.43. The summed E-state index contributed by atoms with van der Waals surface area (Å²) in [5.41, 5.74) is 20.5. The van der Waals surface area contributed by atoms with Crippen molar-refractivity contribution in [2.45, 2.75) is 0 Å². The van der Waals surface area contributed by atoms with Crippen molar-refractivity contribution in [3.05, 3.63) is 0 Å².